The second-order valence-electron chi connectivity index (χ2n) is 7.92. The predicted molar refractivity (Wildman–Crippen MR) is 80.5 cm³/mol. The first-order valence-corrected chi connectivity index (χ1v) is 7.43. The van der Waals surface area contributed by atoms with Gasteiger partial charge < -0.3 is 9.88 Å². The average Bonchev–Trinajstić information content (AvgIpc) is 2.65. The summed E-state index contributed by atoms with van der Waals surface area (Å²) >= 11 is 0. The second-order valence-corrected chi connectivity index (χ2v) is 7.92. The highest BCUT2D eigenvalue weighted by Crippen LogP contribution is 2.37. The van der Waals surface area contributed by atoms with Crippen LogP contribution in [0.15, 0.2) is 0 Å². The molecular formula is C16H29N3. The van der Waals surface area contributed by atoms with Crippen LogP contribution in [0, 0.1) is 5.41 Å². The number of hydrogen-bond donors (Lipinski definition) is 1. The molecular weight excluding hydrogens is 234 g/mol. The third-order valence-corrected chi connectivity index (χ3v) is 4.24. The smallest absolute Gasteiger partial charge is 0.114 e. The summed E-state index contributed by atoms with van der Waals surface area (Å²) in [5.41, 5.74) is 3.05. The Hall–Kier alpha value is -0.830. The number of hydrogen-bond acceptors (Lipinski definition) is 2. The van der Waals surface area contributed by atoms with Crippen molar-refractivity contribution in [1.29, 1.82) is 0 Å². The fraction of sp³-hybridized carbons (Fsp3) is 0.812. The standard InChI is InChI=1S/C16H29N3/c1-11(15(2,3)4)19-13-8-9-17-10-12(13)18-14(19)16(5,6)7/h11,17H,8-10H2,1-7H3. The average molecular weight is 263 g/mol. The van der Waals surface area contributed by atoms with Crippen LogP contribution >= 0.6 is 0 Å². The fourth-order valence-electron chi connectivity index (χ4n) is 2.67. The van der Waals surface area contributed by atoms with Crippen molar-refractivity contribution < 1.29 is 0 Å². The summed E-state index contributed by atoms with van der Waals surface area (Å²) in [7, 11) is 0. The zero-order valence-corrected chi connectivity index (χ0v) is 13.6. The van der Waals surface area contributed by atoms with E-state index in [0.717, 1.165) is 19.5 Å². The van der Waals surface area contributed by atoms with Gasteiger partial charge in [-0.2, -0.15) is 0 Å². The molecule has 108 valence electrons. The topological polar surface area (TPSA) is 29.9 Å². The van der Waals surface area contributed by atoms with E-state index in [2.05, 4.69) is 58.4 Å². The SMILES string of the molecule is CC(n1c(C(C)(C)C)nc2c1CCNC2)C(C)(C)C. The summed E-state index contributed by atoms with van der Waals surface area (Å²) in [5.74, 6) is 1.24. The number of nitrogens with zero attached hydrogens (tertiary/aromatic N) is 2. The van der Waals surface area contributed by atoms with E-state index in [1.54, 1.807) is 0 Å². The Morgan fingerprint density at radius 3 is 2.32 bits per heavy atom. The Labute approximate surface area is 117 Å². The molecule has 0 radical (unpaired) electrons. The summed E-state index contributed by atoms with van der Waals surface area (Å²) in [4.78, 5) is 4.96. The number of rotatable bonds is 1. The summed E-state index contributed by atoms with van der Waals surface area (Å²) in [6, 6.07) is 0.469. The van der Waals surface area contributed by atoms with Crippen molar-refractivity contribution in [1.82, 2.24) is 14.9 Å². The van der Waals surface area contributed by atoms with E-state index < -0.39 is 0 Å². The monoisotopic (exact) mass is 263 g/mol. The van der Waals surface area contributed by atoms with Crippen LogP contribution in [0.25, 0.3) is 0 Å². The molecule has 1 aliphatic rings. The molecule has 0 amide bonds. The largest absolute Gasteiger partial charge is 0.328 e. The van der Waals surface area contributed by atoms with Crippen LogP contribution in [0.2, 0.25) is 0 Å². The Balaban J connectivity index is 2.59. The van der Waals surface area contributed by atoms with Crippen LogP contribution < -0.4 is 5.32 Å². The molecule has 0 spiro atoms. The van der Waals surface area contributed by atoms with Gasteiger partial charge in [-0.1, -0.05) is 41.5 Å². The van der Waals surface area contributed by atoms with Gasteiger partial charge in [-0.25, -0.2) is 4.98 Å². The van der Waals surface area contributed by atoms with E-state index in [-0.39, 0.29) is 10.8 Å². The quantitative estimate of drug-likeness (QED) is 0.841. The van der Waals surface area contributed by atoms with Gasteiger partial charge in [0, 0.05) is 36.7 Å². The minimum Gasteiger partial charge on any atom is -0.328 e. The summed E-state index contributed by atoms with van der Waals surface area (Å²) in [6.07, 6.45) is 1.10. The molecule has 0 saturated carbocycles. The van der Waals surface area contributed by atoms with Gasteiger partial charge in [0.05, 0.1) is 5.69 Å². The third-order valence-electron chi connectivity index (χ3n) is 4.24. The Bertz CT molecular complexity index is 458. The predicted octanol–water partition coefficient (Wildman–Crippen LogP) is 3.43. The van der Waals surface area contributed by atoms with E-state index >= 15 is 0 Å². The van der Waals surface area contributed by atoms with Gasteiger partial charge in [0.2, 0.25) is 0 Å². The zero-order chi connectivity index (χ0) is 14.4. The first kappa shape index (κ1) is 14.6. The van der Waals surface area contributed by atoms with Crippen molar-refractivity contribution in [2.24, 2.45) is 5.41 Å². The minimum atomic E-state index is 0.0941. The van der Waals surface area contributed by atoms with Crippen LogP contribution in [0.3, 0.4) is 0 Å². The van der Waals surface area contributed by atoms with Crippen LogP contribution in [0.4, 0.5) is 0 Å². The van der Waals surface area contributed by atoms with Crippen molar-refractivity contribution >= 4 is 0 Å². The van der Waals surface area contributed by atoms with Gasteiger partial charge in [0.15, 0.2) is 0 Å². The van der Waals surface area contributed by atoms with Crippen LogP contribution in [-0.4, -0.2) is 16.1 Å². The van der Waals surface area contributed by atoms with Crippen molar-refractivity contribution in [3.05, 3.63) is 17.2 Å². The number of imidazole rings is 1. The highest BCUT2D eigenvalue weighted by molar-refractivity contribution is 5.25. The van der Waals surface area contributed by atoms with Gasteiger partial charge >= 0.3 is 0 Å². The van der Waals surface area contributed by atoms with E-state index in [1.165, 1.54) is 17.2 Å². The maximum atomic E-state index is 4.96. The van der Waals surface area contributed by atoms with E-state index in [1.807, 2.05) is 0 Å². The van der Waals surface area contributed by atoms with E-state index in [4.69, 9.17) is 4.98 Å². The van der Waals surface area contributed by atoms with Gasteiger partial charge in [-0.3, -0.25) is 0 Å². The van der Waals surface area contributed by atoms with Gasteiger partial charge in [0.25, 0.3) is 0 Å². The van der Waals surface area contributed by atoms with Crippen molar-refractivity contribution in [3.8, 4) is 0 Å². The zero-order valence-electron chi connectivity index (χ0n) is 13.6. The third kappa shape index (κ3) is 2.71. The number of aromatic nitrogens is 2. The summed E-state index contributed by atoms with van der Waals surface area (Å²) in [5, 5.41) is 3.43. The lowest BCUT2D eigenvalue weighted by Gasteiger charge is -2.34. The molecule has 3 nitrogen and oxygen atoms in total. The van der Waals surface area contributed by atoms with Crippen molar-refractivity contribution in [2.45, 2.75) is 72.9 Å². The lowest BCUT2D eigenvalue weighted by Crippen LogP contribution is -2.31. The number of fused-ring (bicyclic) bond motifs is 1. The van der Waals surface area contributed by atoms with Crippen molar-refractivity contribution in [2.75, 3.05) is 6.54 Å². The maximum absolute atomic E-state index is 4.96. The van der Waals surface area contributed by atoms with Gasteiger partial charge in [0.1, 0.15) is 5.82 Å². The lowest BCUT2D eigenvalue weighted by molar-refractivity contribution is 0.244. The molecule has 0 aliphatic carbocycles. The lowest BCUT2D eigenvalue weighted by atomic mass is 9.86. The molecule has 1 atom stereocenters. The molecule has 2 heterocycles. The molecule has 1 aliphatic heterocycles. The molecule has 0 saturated heterocycles. The molecule has 1 N–H and O–H groups in total. The normalized spacial score (nSPS) is 18.3. The van der Waals surface area contributed by atoms with Crippen LogP contribution in [0.5, 0.6) is 0 Å². The minimum absolute atomic E-state index is 0.0941. The summed E-state index contributed by atoms with van der Waals surface area (Å²) < 4.78 is 2.52. The van der Waals surface area contributed by atoms with Crippen LogP contribution in [0.1, 0.15) is 71.7 Å². The van der Waals surface area contributed by atoms with Gasteiger partial charge in [-0.05, 0) is 12.3 Å². The Morgan fingerprint density at radius 2 is 1.79 bits per heavy atom. The first-order chi connectivity index (χ1) is 8.62. The highest BCUT2D eigenvalue weighted by Gasteiger charge is 2.33. The molecule has 2 rings (SSSR count). The molecule has 0 bridgehead atoms. The molecule has 1 aromatic rings. The van der Waals surface area contributed by atoms with Crippen LogP contribution in [-0.2, 0) is 18.4 Å². The Kier molecular flexibility index (Phi) is 3.54. The molecule has 0 fully saturated rings. The molecule has 19 heavy (non-hydrogen) atoms. The summed E-state index contributed by atoms with van der Waals surface area (Å²) in [6.45, 7) is 18.1. The number of nitrogens with one attached hydrogen (secondary N) is 1. The fourth-order valence-corrected chi connectivity index (χ4v) is 2.67. The first-order valence-electron chi connectivity index (χ1n) is 7.43. The second kappa shape index (κ2) is 4.62. The molecule has 1 aromatic heterocycles. The van der Waals surface area contributed by atoms with Crippen molar-refractivity contribution in [3.63, 3.8) is 0 Å². The highest BCUT2D eigenvalue weighted by atomic mass is 15.2. The maximum Gasteiger partial charge on any atom is 0.114 e. The van der Waals surface area contributed by atoms with E-state index in [0.29, 0.717) is 6.04 Å². The molecule has 3 heteroatoms. The van der Waals surface area contributed by atoms with Gasteiger partial charge in [-0.15, -0.1) is 0 Å². The molecule has 1 unspecified atom stereocenters. The van der Waals surface area contributed by atoms with E-state index in [9.17, 15) is 0 Å². The molecule has 0 aromatic carbocycles. The Morgan fingerprint density at radius 1 is 1.16 bits per heavy atom.